The molecule has 0 aliphatic rings. The molecule has 0 aromatic heterocycles. The molecule has 0 aliphatic heterocycles. The van der Waals surface area contributed by atoms with Crippen LogP contribution in [0, 0.1) is 11.6 Å². The van der Waals surface area contributed by atoms with Gasteiger partial charge in [-0.3, -0.25) is 0 Å². The lowest BCUT2D eigenvalue weighted by Gasteiger charge is -2.07. The Hall–Kier alpha value is -1.05. The molecule has 0 bridgehead atoms. The van der Waals surface area contributed by atoms with E-state index in [0.717, 1.165) is 12.6 Å². The zero-order valence-electron chi connectivity index (χ0n) is 11.5. The molecule has 0 saturated heterocycles. The molecule has 0 radical (unpaired) electrons. The Morgan fingerprint density at radius 1 is 1.10 bits per heavy atom. The van der Waals surface area contributed by atoms with Crippen LogP contribution in [0.3, 0.4) is 0 Å². The normalized spacial score (nSPS) is 11.8. The van der Waals surface area contributed by atoms with Gasteiger partial charge in [0.15, 0.2) is 0 Å². The van der Waals surface area contributed by atoms with Crippen molar-refractivity contribution in [1.82, 2.24) is 10.0 Å². The molecule has 2 N–H and O–H groups in total. The van der Waals surface area contributed by atoms with Gasteiger partial charge in [-0.2, -0.15) is 0 Å². The topological polar surface area (TPSA) is 58.2 Å². The van der Waals surface area contributed by atoms with Crippen molar-refractivity contribution in [3.63, 3.8) is 0 Å². The van der Waals surface area contributed by atoms with Gasteiger partial charge in [0.05, 0.1) is 5.75 Å². The summed E-state index contributed by atoms with van der Waals surface area (Å²) in [5, 5.41) is 3.04. The zero-order valence-corrected chi connectivity index (χ0v) is 12.3. The number of hydrogen-bond donors (Lipinski definition) is 2. The molecule has 1 rings (SSSR count). The van der Waals surface area contributed by atoms with E-state index < -0.39 is 21.7 Å². The summed E-state index contributed by atoms with van der Waals surface area (Å²) in [6.07, 6.45) is 0.777. The fraction of sp³-hybridized carbons (Fsp3) is 0.538. The fourth-order valence-corrected chi connectivity index (χ4v) is 2.82. The highest BCUT2D eigenvalue weighted by Gasteiger charge is 2.09. The monoisotopic (exact) mass is 306 g/mol. The minimum Gasteiger partial charge on any atom is -0.317 e. The van der Waals surface area contributed by atoms with Crippen molar-refractivity contribution in [3.8, 4) is 0 Å². The molecule has 114 valence electrons. The van der Waals surface area contributed by atoms with Crippen LogP contribution in [0.25, 0.3) is 0 Å². The first-order chi connectivity index (χ1) is 9.43. The van der Waals surface area contributed by atoms with Crippen LogP contribution in [0.4, 0.5) is 8.78 Å². The van der Waals surface area contributed by atoms with E-state index in [1.807, 2.05) is 6.92 Å². The van der Waals surface area contributed by atoms with E-state index in [9.17, 15) is 17.2 Å². The second kappa shape index (κ2) is 8.28. The van der Waals surface area contributed by atoms with Crippen LogP contribution in [0.1, 0.15) is 18.9 Å². The lowest BCUT2D eigenvalue weighted by molar-refractivity contribution is 0.573. The third kappa shape index (κ3) is 6.93. The van der Waals surface area contributed by atoms with Crippen molar-refractivity contribution in [1.29, 1.82) is 0 Å². The average molecular weight is 306 g/mol. The number of rotatable bonds is 9. The van der Waals surface area contributed by atoms with Crippen LogP contribution in [0.5, 0.6) is 0 Å². The quantitative estimate of drug-likeness (QED) is 0.679. The van der Waals surface area contributed by atoms with Gasteiger partial charge < -0.3 is 5.32 Å². The molecule has 1 aromatic rings. The van der Waals surface area contributed by atoms with E-state index in [1.54, 1.807) is 0 Å². The standard InChI is InChI=1S/C13H20F2N2O2S/c1-2-16-5-3-7-20(18,19)17-6-4-11-8-12(14)10-13(15)9-11/h8-10,16-17H,2-7H2,1H3. The van der Waals surface area contributed by atoms with Gasteiger partial charge in [-0.1, -0.05) is 6.92 Å². The van der Waals surface area contributed by atoms with Crippen LogP contribution in [-0.4, -0.2) is 33.8 Å². The molecular formula is C13H20F2N2O2S. The molecule has 0 spiro atoms. The van der Waals surface area contributed by atoms with Gasteiger partial charge in [0.1, 0.15) is 11.6 Å². The third-order valence-corrected chi connectivity index (χ3v) is 4.14. The first kappa shape index (κ1) is 17.0. The molecule has 0 unspecified atom stereocenters. The summed E-state index contributed by atoms with van der Waals surface area (Å²) in [6, 6.07) is 3.18. The Bertz CT molecular complexity index is 501. The Morgan fingerprint density at radius 3 is 2.35 bits per heavy atom. The summed E-state index contributed by atoms with van der Waals surface area (Å²) in [5.41, 5.74) is 0.429. The maximum atomic E-state index is 12.9. The van der Waals surface area contributed by atoms with E-state index in [2.05, 4.69) is 10.0 Å². The van der Waals surface area contributed by atoms with Crippen LogP contribution < -0.4 is 10.0 Å². The maximum Gasteiger partial charge on any atom is 0.211 e. The molecule has 0 heterocycles. The summed E-state index contributed by atoms with van der Waals surface area (Å²) >= 11 is 0. The van der Waals surface area contributed by atoms with E-state index in [-0.39, 0.29) is 18.7 Å². The van der Waals surface area contributed by atoms with Crippen molar-refractivity contribution in [2.75, 3.05) is 25.4 Å². The summed E-state index contributed by atoms with van der Waals surface area (Å²) in [6.45, 7) is 3.53. The molecule has 20 heavy (non-hydrogen) atoms. The lowest BCUT2D eigenvalue weighted by Crippen LogP contribution is -2.30. The molecule has 0 fully saturated rings. The summed E-state index contributed by atoms with van der Waals surface area (Å²) < 4.78 is 51.6. The van der Waals surface area contributed by atoms with E-state index in [1.165, 1.54) is 12.1 Å². The Labute approximate surface area is 118 Å². The highest BCUT2D eigenvalue weighted by atomic mass is 32.2. The van der Waals surface area contributed by atoms with Crippen molar-refractivity contribution in [3.05, 3.63) is 35.4 Å². The number of nitrogens with one attached hydrogen (secondary N) is 2. The van der Waals surface area contributed by atoms with Crippen LogP contribution in [0.15, 0.2) is 18.2 Å². The van der Waals surface area contributed by atoms with Gasteiger partial charge in [0, 0.05) is 12.6 Å². The number of hydrogen-bond acceptors (Lipinski definition) is 3. The van der Waals surface area contributed by atoms with Crippen molar-refractivity contribution in [2.45, 2.75) is 19.8 Å². The third-order valence-electron chi connectivity index (χ3n) is 2.67. The molecule has 4 nitrogen and oxygen atoms in total. The lowest BCUT2D eigenvalue weighted by atomic mass is 10.1. The maximum absolute atomic E-state index is 12.9. The first-order valence-corrected chi connectivity index (χ1v) is 8.21. The summed E-state index contributed by atoms with van der Waals surface area (Å²) in [5.74, 6) is -1.28. The summed E-state index contributed by atoms with van der Waals surface area (Å²) in [7, 11) is -3.33. The van der Waals surface area contributed by atoms with Gasteiger partial charge >= 0.3 is 0 Å². The zero-order chi connectivity index (χ0) is 15.0. The van der Waals surface area contributed by atoms with Gasteiger partial charge in [0.25, 0.3) is 0 Å². The van der Waals surface area contributed by atoms with Crippen molar-refractivity contribution >= 4 is 10.0 Å². The summed E-state index contributed by atoms with van der Waals surface area (Å²) in [4.78, 5) is 0. The predicted molar refractivity (Wildman–Crippen MR) is 75.0 cm³/mol. The second-order valence-electron chi connectivity index (χ2n) is 4.45. The number of benzene rings is 1. The van der Waals surface area contributed by atoms with Gasteiger partial charge in [-0.05, 0) is 43.6 Å². The first-order valence-electron chi connectivity index (χ1n) is 6.56. The molecule has 0 aliphatic carbocycles. The van der Waals surface area contributed by atoms with E-state index in [4.69, 9.17) is 0 Å². The number of sulfonamides is 1. The average Bonchev–Trinajstić information content (AvgIpc) is 2.33. The minimum absolute atomic E-state index is 0.0392. The molecule has 7 heteroatoms. The van der Waals surface area contributed by atoms with E-state index in [0.29, 0.717) is 18.5 Å². The Kier molecular flexibility index (Phi) is 7.04. The van der Waals surface area contributed by atoms with Crippen LogP contribution >= 0.6 is 0 Å². The highest BCUT2D eigenvalue weighted by Crippen LogP contribution is 2.08. The molecule has 0 saturated carbocycles. The fourth-order valence-electron chi connectivity index (χ4n) is 1.74. The minimum atomic E-state index is -3.33. The molecule has 0 amide bonds. The van der Waals surface area contributed by atoms with Gasteiger partial charge in [0.2, 0.25) is 10.0 Å². The van der Waals surface area contributed by atoms with Gasteiger partial charge in [-0.25, -0.2) is 21.9 Å². The SMILES string of the molecule is CCNCCCS(=O)(=O)NCCc1cc(F)cc(F)c1. The van der Waals surface area contributed by atoms with Crippen LogP contribution in [0.2, 0.25) is 0 Å². The van der Waals surface area contributed by atoms with Gasteiger partial charge in [-0.15, -0.1) is 0 Å². The van der Waals surface area contributed by atoms with Crippen LogP contribution in [-0.2, 0) is 16.4 Å². The smallest absolute Gasteiger partial charge is 0.211 e. The van der Waals surface area contributed by atoms with Crippen molar-refractivity contribution < 1.29 is 17.2 Å². The molecule has 0 atom stereocenters. The Balaban J connectivity index is 2.35. The molecule has 1 aromatic carbocycles. The Morgan fingerprint density at radius 2 is 1.75 bits per heavy atom. The largest absolute Gasteiger partial charge is 0.317 e. The molecular weight excluding hydrogens is 286 g/mol. The van der Waals surface area contributed by atoms with E-state index >= 15 is 0 Å². The second-order valence-corrected chi connectivity index (χ2v) is 6.37. The van der Waals surface area contributed by atoms with Crippen molar-refractivity contribution in [2.24, 2.45) is 0 Å². The number of halogens is 2. The predicted octanol–water partition coefficient (Wildman–Crippen LogP) is 1.43. The highest BCUT2D eigenvalue weighted by molar-refractivity contribution is 7.89.